The van der Waals surface area contributed by atoms with Crippen molar-refractivity contribution in [2.24, 2.45) is 5.92 Å². The van der Waals surface area contributed by atoms with Crippen molar-refractivity contribution in [3.05, 3.63) is 54.1 Å². The molecule has 0 radical (unpaired) electrons. The molecule has 1 fully saturated rings. The summed E-state index contributed by atoms with van der Waals surface area (Å²) in [6, 6.07) is 15.3. The second-order valence-corrected chi connectivity index (χ2v) is 7.02. The summed E-state index contributed by atoms with van der Waals surface area (Å²) in [7, 11) is 1.60. The van der Waals surface area contributed by atoms with Crippen molar-refractivity contribution in [1.82, 2.24) is 0 Å². The molecule has 5 nitrogen and oxygen atoms in total. The molecule has 0 spiro atoms. The van der Waals surface area contributed by atoms with Crippen molar-refractivity contribution >= 4 is 23.2 Å². The van der Waals surface area contributed by atoms with Gasteiger partial charge in [-0.25, -0.2) is 0 Å². The van der Waals surface area contributed by atoms with Gasteiger partial charge in [-0.05, 0) is 54.3 Å². The lowest BCUT2D eigenvalue weighted by Gasteiger charge is -2.17. The van der Waals surface area contributed by atoms with Gasteiger partial charge in [0.1, 0.15) is 5.75 Å². The first-order valence-corrected chi connectivity index (χ1v) is 9.37. The highest BCUT2D eigenvalue weighted by Crippen LogP contribution is 2.28. The van der Waals surface area contributed by atoms with Crippen LogP contribution in [0.5, 0.6) is 5.75 Å². The fourth-order valence-electron chi connectivity index (χ4n) is 3.27. The third kappa shape index (κ3) is 4.30. The molecular weight excluding hydrogens is 340 g/mol. The number of hydrogen-bond acceptors (Lipinski definition) is 3. The zero-order chi connectivity index (χ0) is 19.4. The minimum Gasteiger partial charge on any atom is -0.497 e. The van der Waals surface area contributed by atoms with Crippen LogP contribution in [0.1, 0.15) is 38.2 Å². The molecule has 5 heteroatoms. The van der Waals surface area contributed by atoms with Gasteiger partial charge in [0.05, 0.1) is 13.0 Å². The van der Waals surface area contributed by atoms with Gasteiger partial charge >= 0.3 is 0 Å². The van der Waals surface area contributed by atoms with Gasteiger partial charge in [-0.15, -0.1) is 0 Å². The molecule has 2 atom stereocenters. The number of rotatable bonds is 6. The number of amides is 2. The maximum absolute atomic E-state index is 12.6. The Morgan fingerprint density at radius 1 is 1.19 bits per heavy atom. The molecule has 2 unspecified atom stereocenters. The van der Waals surface area contributed by atoms with E-state index in [0.717, 1.165) is 23.5 Å². The Labute approximate surface area is 160 Å². The molecule has 1 aliphatic rings. The molecule has 142 valence electrons. The fourth-order valence-corrected chi connectivity index (χ4v) is 3.27. The number of ether oxygens (including phenoxy) is 1. The van der Waals surface area contributed by atoms with Crippen LogP contribution in [0.2, 0.25) is 0 Å². The number of anilines is 2. The van der Waals surface area contributed by atoms with Gasteiger partial charge in [-0.1, -0.05) is 26.0 Å². The number of nitrogens with one attached hydrogen (secondary N) is 1. The highest BCUT2D eigenvalue weighted by atomic mass is 16.5. The van der Waals surface area contributed by atoms with E-state index < -0.39 is 0 Å². The highest BCUT2D eigenvalue weighted by molar-refractivity contribution is 6.03. The Hall–Kier alpha value is -2.82. The summed E-state index contributed by atoms with van der Waals surface area (Å²) >= 11 is 0. The van der Waals surface area contributed by atoms with Crippen LogP contribution in [-0.2, 0) is 9.59 Å². The first kappa shape index (κ1) is 19.0. The molecule has 27 heavy (non-hydrogen) atoms. The van der Waals surface area contributed by atoms with Crippen LogP contribution in [0, 0.1) is 5.92 Å². The van der Waals surface area contributed by atoms with Crippen LogP contribution < -0.4 is 15.0 Å². The maximum atomic E-state index is 12.6. The van der Waals surface area contributed by atoms with Crippen molar-refractivity contribution in [2.45, 2.75) is 32.6 Å². The SMILES string of the molecule is CCC(C)c1ccc(NC(=O)C2CC(=O)N(c3ccc(OC)cc3)C2)cc1. The van der Waals surface area contributed by atoms with Crippen LogP contribution in [0.3, 0.4) is 0 Å². The summed E-state index contributed by atoms with van der Waals surface area (Å²) < 4.78 is 5.15. The lowest BCUT2D eigenvalue weighted by Crippen LogP contribution is -2.28. The largest absolute Gasteiger partial charge is 0.497 e. The number of nitrogens with zero attached hydrogens (tertiary/aromatic N) is 1. The zero-order valence-corrected chi connectivity index (χ0v) is 16.1. The minimum atomic E-state index is -0.353. The summed E-state index contributed by atoms with van der Waals surface area (Å²) in [5.41, 5.74) is 2.81. The van der Waals surface area contributed by atoms with Crippen LogP contribution >= 0.6 is 0 Å². The van der Waals surface area contributed by atoms with Crippen molar-refractivity contribution < 1.29 is 14.3 Å². The van der Waals surface area contributed by atoms with E-state index in [0.29, 0.717) is 12.5 Å². The van der Waals surface area contributed by atoms with Crippen molar-refractivity contribution in [3.63, 3.8) is 0 Å². The van der Waals surface area contributed by atoms with E-state index in [1.165, 1.54) is 5.56 Å². The van der Waals surface area contributed by atoms with Gasteiger partial charge in [0, 0.05) is 24.3 Å². The second kappa shape index (κ2) is 8.25. The Balaban J connectivity index is 1.63. The summed E-state index contributed by atoms with van der Waals surface area (Å²) in [6.07, 6.45) is 1.31. The fraction of sp³-hybridized carbons (Fsp3) is 0.364. The number of benzene rings is 2. The lowest BCUT2D eigenvalue weighted by atomic mass is 9.98. The van der Waals surface area contributed by atoms with Crippen LogP contribution in [0.15, 0.2) is 48.5 Å². The van der Waals surface area contributed by atoms with E-state index in [2.05, 4.69) is 19.2 Å². The molecule has 0 bridgehead atoms. The van der Waals surface area contributed by atoms with Crippen molar-refractivity contribution in [3.8, 4) is 5.75 Å². The smallest absolute Gasteiger partial charge is 0.229 e. The normalized spacial score (nSPS) is 17.7. The predicted molar refractivity (Wildman–Crippen MR) is 107 cm³/mol. The van der Waals surface area contributed by atoms with Crippen LogP contribution in [0.25, 0.3) is 0 Å². The molecule has 1 aliphatic heterocycles. The molecular formula is C22H26N2O3. The Morgan fingerprint density at radius 2 is 1.85 bits per heavy atom. The van der Waals surface area contributed by atoms with Gasteiger partial charge in [0.25, 0.3) is 0 Å². The molecule has 3 rings (SSSR count). The monoisotopic (exact) mass is 366 g/mol. The Kier molecular flexibility index (Phi) is 5.79. The first-order chi connectivity index (χ1) is 13.0. The number of methoxy groups -OCH3 is 1. The summed E-state index contributed by atoms with van der Waals surface area (Å²) in [5.74, 6) is 0.734. The number of carbonyl (C=O) groups is 2. The van der Waals surface area contributed by atoms with Crippen LogP contribution in [0.4, 0.5) is 11.4 Å². The summed E-state index contributed by atoms with van der Waals surface area (Å²) in [6.45, 7) is 4.74. The molecule has 1 heterocycles. The zero-order valence-electron chi connectivity index (χ0n) is 16.1. The molecule has 0 saturated carbocycles. The quantitative estimate of drug-likeness (QED) is 0.833. The van der Waals surface area contributed by atoms with E-state index in [1.807, 2.05) is 48.5 Å². The van der Waals surface area contributed by atoms with Gasteiger partial charge in [0.15, 0.2) is 0 Å². The van der Waals surface area contributed by atoms with E-state index in [-0.39, 0.29) is 24.2 Å². The summed E-state index contributed by atoms with van der Waals surface area (Å²) in [4.78, 5) is 26.6. The highest BCUT2D eigenvalue weighted by Gasteiger charge is 2.35. The molecule has 1 N–H and O–H groups in total. The van der Waals surface area contributed by atoms with Gasteiger partial charge in [0.2, 0.25) is 11.8 Å². The second-order valence-electron chi connectivity index (χ2n) is 7.02. The van der Waals surface area contributed by atoms with E-state index in [9.17, 15) is 9.59 Å². The standard InChI is InChI=1S/C22H26N2O3/c1-4-15(2)16-5-7-18(8-6-16)23-22(26)17-13-21(25)24(14-17)19-9-11-20(27-3)12-10-19/h5-12,15,17H,4,13-14H2,1-3H3,(H,23,26). The number of hydrogen-bond donors (Lipinski definition) is 1. The van der Waals surface area contributed by atoms with Gasteiger partial charge < -0.3 is 15.0 Å². The Bertz CT molecular complexity index is 799. The van der Waals surface area contributed by atoms with E-state index in [1.54, 1.807) is 12.0 Å². The molecule has 2 aromatic carbocycles. The average molecular weight is 366 g/mol. The predicted octanol–water partition coefficient (Wildman–Crippen LogP) is 4.20. The van der Waals surface area contributed by atoms with Crippen molar-refractivity contribution in [1.29, 1.82) is 0 Å². The molecule has 0 aromatic heterocycles. The number of carbonyl (C=O) groups excluding carboxylic acids is 2. The minimum absolute atomic E-state index is 0.0348. The first-order valence-electron chi connectivity index (χ1n) is 9.37. The molecule has 2 amide bonds. The third-order valence-corrected chi connectivity index (χ3v) is 5.24. The van der Waals surface area contributed by atoms with E-state index >= 15 is 0 Å². The summed E-state index contributed by atoms with van der Waals surface area (Å²) in [5, 5.41) is 2.94. The topological polar surface area (TPSA) is 58.6 Å². The molecule has 1 saturated heterocycles. The molecule has 2 aromatic rings. The maximum Gasteiger partial charge on any atom is 0.229 e. The Morgan fingerprint density at radius 3 is 2.44 bits per heavy atom. The van der Waals surface area contributed by atoms with Gasteiger partial charge in [-0.3, -0.25) is 9.59 Å². The average Bonchev–Trinajstić information content (AvgIpc) is 3.10. The van der Waals surface area contributed by atoms with E-state index in [4.69, 9.17) is 4.74 Å². The van der Waals surface area contributed by atoms with Crippen LogP contribution in [-0.4, -0.2) is 25.5 Å². The van der Waals surface area contributed by atoms with Crippen molar-refractivity contribution in [2.75, 3.05) is 23.9 Å². The van der Waals surface area contributed by atoms with Gasteiger partial charge in [-0.2, -0.15) is 0 Å². The third-order valence-electron chi connectivity index (χ3n) is 5.24. The lowest BCUT2D eigenvalue weighted by molar-refractivity contribution is -0.122. The molecule has 0 aliphatic carbocycles.